The van der Waals surface area contributed by atoms with Crippen LogP contribution in [0.25, 0.3) is 0 Å². The van der Waals surface area contributed by atoms with E-state index in [2.05, 4.69) is 23.8 Å². The minimum absolute atomic E-state index is 0.188. The summed E-state index contributed by atoms with van der Waals surface area (Å²) < 4.78 is 5.45. The second-order valence-corrected chi connectivity index (χ2v) is 4.83. The quantitative estimate of drug-likeness (QED) is 0.775. The van der Waals surface area contributed by atoms with Crippen molar-refractivity contribution in [2.75, 3.05) is 33.2 Å². The first-order valence-corrected chi connectivity index (χ1v) is 6.18. The van der Waals surface area contributed by atoms with E-state index in [0.29, 0.717) is 0 Å². The summed E-state index contributed by atoms with van der Waals surface area (Å²) in [6, 6.07) is 3.66. The van der Waals surface area contributed by atoms with E-state index < -0.39 is 5.24 Å². The first-order chi connectivity index (χ1) is 8.08. The van der Waals surface area contributed by atoms with Crippen molar-refractivity contribution < 1.29 is 9.21 Å². The van der Waals surface area contributed by atoms with E-state index >= 15 is 0 Å². The highest BCUT2D eigenvalue weighted by atomic mass is 35.5. The molecular formula is C12H17ClN2O2. The van der Waals surface area contributed by atoms with Gasteiger partial charge in [0.15, 0.2) is 5.76 Å². The molecule has 2 heterocycles. The lowest BCUT2D eigenvalue weighted by Crippen LogP contribution is -2.45. The van der Waals surface area contributed by atoms with E-state index in [9.17, 15) is 4.79 Å². The van der Waals surface area contributed by atoms with Crippen LogP contribution in [0.5, 0.6) is 0 Å². The van der Waals surface area contributed by atoms with Gasteiger partial charge in [-0.05, 0) is 37.7 Å². The molecule has 0 N–H and O–H groups in total. The van der Waals surface area contributed by atoms with Crippen molar-refractivity contribution in [2.24, 2.45) is 0 Å². The van der Waals surface area contributed by atoms with Crippen molar-refractivity contribution in [1.82, 2.24) is 9.80 Å². The van der Waals surface area contributed by atoms with Crippen molar-refractivity contribution in [1.29, 1.82) is 0 Å². The fourth-order valence-corrected chi connectivity index (χ4v) is 2.17. The van der Waals surface area contributed by atoms with Gasteiger partial charge in [-0.1, -0.05) is 0 Å². The molecule has 1 saturated heterocycles. The average molecular weight is 257 g/mol. The molecule has 1 aliphatic rings. The van der Waals surface area contributed by atoms with Gasteiger partial charge in [0.1, 0.15) is 5.76 Å². The Morgan fingerprint density at radius 2 is 2.00 bits per heavy atom. The predicted molar refractivity (Wildman–Crippen MR) is 66.4 cm³/mol. The van der Waals surface area contributed by atoms with Gasteiger partial charge in [-0.15, -0.1) is 0 Å². The van der Waals surface area contributed by atoms with E-state index in [4.69, 9.17) is 16.0 Å². The van der Waals surface area contributed by atoms with Crippen LogP contribution in [-0.2, 0) is 0 Å². The van der Waals surface area contributed by atoms with Crippen LogP contribution in [0.15, 0.2) is 16.5 Å². The molecule has 1 fully saturated rings. The maximum atomic E-state index is 11.0. The Kier molecular flexibility index (Phi) is 3.86. The number of likely N-dealkylation sites (N-methyl/N-ethyl adjacent to an activating group) is 1. The zero-order valence-corrected chi connectivity index (χ0v) is 10.9. The van der Waals surface area contributed by atoms with Gasteiger partial charge in [-0.3, -0.25) is 9.69 Å². The molecule has 0 saturated carbocycles. The summed E-state index contributed by atoms with van der Waals surface area (Å²) in [4.78, 5) is 15.6. The number of hydrogen-bond acceptors (Lipinski definition) is 4. The van der Waals surface area contributed by atoms with Crippen LogP contribution >= 0.6 is 11.6 Å². The van der Waals surface area contributed by atoms with Crippen LogP contribution in [0.4, 0.5) is 0 Å². The molecule has 1 atom stereocenters. The molecule has 94 valence electrons. The monoisotopic (exact) mass is 256 g/mol. The molecule has 0 aliphatic carbocycles. The normalized spacial score (nSPS) is 20.4. The van der Waals surface area contributed by atoms with Gasteiger partial charge < -0.3 is 9.32 Å². The zero-order valence-electron chi connectivity index (χ0n) is 10.1. The number of carbonyl (C=O) groups is 1. The second-order valence-electron chi connectivity index (χ2n) is 4.49. The van der Waals surface area contributed by atoms with Gasteiger partial charge in [0.05, 0.1) is 6.04 Å². The van der Waals surface area contributed by atoms with Crippen LogP contribution in [0.3, 0.4) is 0 Å². The van der Waals surface area contributed by atoms with Crippen molar-refractivity contribution in [3.63, 3.8) is 0 Å². The van der Waals surface area contributed by atoms with Crippen molar-refractivity contribution in [2.45, 2.75) is 13.0 Å². The van der Waals surface area contributed by atoms with Gasteiger partial charge in [0, 0.05) is 26.2 Å². The molecule has 5 heteroatoms. The molecule has 1 aromatic heterocycles. The van der Waals surface area contributed by atoms with Gasteiger partial charge in [-0.25, -0.2) is 0 Å². The molecule has 1 unspecified atom stereocenters. The summed E-state index contributed by atoms with van der Waals surface area (Å²) >= 11 is 5.37. The summed E-state index contributed by atoms with van der Waals surface area (Å²) in [6.07, 6.45) is 0. The highest BCUT2D eigenvalue weighted by molar-refractivity contribution is 6.67. The summed E-state index contributed by atoms with van der Waals surface area (Å²) in [5, 5.41) is -0.540. The molecule has 1 aliphatic heterocycles. The van der Waals surface area contributed by atoms with Gasteiger partial charge in [0.2, 0.25) is 0 Å². The van der Waals surface area contributed by atoms with Gasteiger partial charge >= 0.3 is 0 Å². The predicted octanol–water partition coefficient (Wildman–Crippen LogP) is 1.97. The van der Waals surface area contributed by atoms with Crippen LogP contribution < -0.4 is 0 Å². The first kappa shape index (κ1) is 12.6. The summed E-state index contributed by atoms with van der Waals surface area (Å²) in [6.45, 7) is 6.25. The fourth-order valence-electron chi connectivity index (χ4n) is 2.07. The number of halogens is 1. The topological polar surface area (TPSA) is 36.7 Å². The van der Waals surface area contributed by atoms with E-state index in [0.717, 1.165) is 31.9 Å². The van der Waals surface area contributed by atoms with Crippen molar-refractivity contribution >= 4 is 16.8 Å². The Bertz CT molecular complexity index is 397. The van der Waals surface area contributed by atoms with Crippen molar-refractivity contribution in [3.8, 4) is 0 Å². The average Bonchev–Trinajstić information content (AvgIpc) is 2.78. The minimum atomic E-state index is -0.540. The third-order valence-electron chi connectivity index (χ3n) is 3.32. The maximum Gasteiger partial charge on any atom is 0.287 e. The van der Waals surface area contributed by atoms with Gasteiger partial charge in [0.25, 0.3) is 5.24 Å². The Hall–Kier alpha value is -0.840. The lowest BCUT2D eigenvalue weighted by Gasteiger charge is -2.35. The fraction of sp³-hybridized carbons (Fsp3) is 0.583. The zero-order chi connectivity index (χ0) is 12.4. The number of furan rings is 1. The minimum Gasteiger partial charge on any atom is -0.455 e. The number of hydrogen-bond donors (Lipinski definition) is 0. The van der Waals surface area contributed by atoms with E-state index in [1.807, 2.05) is 6.07 Å². The largest absolute Gasteiger partial charge is 0.455 e. The van der Waals surface area contributed by atoms with Crippen LogP contribution in [-0.4, -0.2) is 48.3 Å². The molecule has 4 nitrogen and oxygen atoms in total. The SMILES string of the molecule is CC(c1ccc(C(=O)Cl)o1)N1CCN(C)CC1. The Labute approximate surface area is 106 Å². The lowest BCUT2D eigenvalue weighted by molar-refractivity contribution is 0.101. The third kappa shape index (κ3) is 2.89. The maximum absolute atomic E-state index is 11.0. The molecule has 0 amide bonds. The van der Waals surface area contributed by atoms with E-state index in [-0.39, 0.29) is 11.8 Å². The van der Waals surface area contributed by atoms with Crippen LogP contribution in [0.2, 0.25) is 0 Å². The standard InChI is InChI=1S/C12H17ClN2O2/c1-9(15-7-5-14(2)6-8-15)10-3-4-11(17-10)12(13)16/h3-4,9H,5-8H2,1-2H3. The molecule has 0 radical (unpaired) electrons. The number of nitrogens with zero attached hydrogens (tertiary/aromatic N) is 2. The number of carbonyl (C=O) groups excluding carboxylic acids is 1. The molecule has 0 spiro atoms. The first-order valence-electron chi connectivity index (χ1n) is 5.80. The second kappa shape index (κ2) is 5.21. The van der Waals surface area contributed by atoms with Gasteiger partial charge in [-0.2, -0.15) is 0 Å². The molecule has 17 heavy (non-hydrogen) atoms. The smallest absolute Gasteiger partial charge is 0.287 e. The molecule has 2 rings (SSSR count). The van der Waals surface area contributed by atoms with Crippen molar-refractivity contribution in [3.05, 3.63) is 23.7 Å². The number of piperazine rings is 1. The molecule has 0 bridgehead atoms. The molecule has 1 aromatic rings. The highest BCUT2D eigenvalue weighted by Crippen LogP contribution is 2.24. The van der Waals surface area contributed by atoms with Crippen LogP contribution in [0, 0.1) is 0 Å². The summed E-state index contributed by atoms with van der Waals surface area (Å²) in [5.41, 5.74) is 0. The highest BCUT2D eigenvalue weighted by Gasteiger charge is 2.23. The Morgan fingerprint density at radius 3 is 2.53 bits per heavy atom. The van der Waals surface area contributed by atoms with Crippen LogP contribution in [0.1, 0.15) is 29.3 Å². The number of rotatable bonds is 3. The van der Waals surface area contributed by atoms with E-state index in [1.165, 1.54) is 0 Å². The summed E-state index contributed by atoms with van der Waals surface area (Å²) in [7, 11) is 2.12. The Morgan fingerprint density at radius 1 is 1.35 bits per heavy atom. The lowest BCUT2D eigenvalue weighted by atomic mass is 10.2. The molecular weight excluding hydrogens is 240 g/mol. The molecule has 0 aromatic carbocycles. The third-order valence-corrected chi connectivity index (χ3v) is 3.50. The Balaban J connectivity index is 2.03. The summed E-state index contributed by atoms with van der Waals surface area (Å²) in [5.74, 6) is 1.03. The van der Waals surface area contributed by atoms with E-state index in [1.54, 1.807) is 6.07 Å².